The number of aromatic amines is 1. The van der Waals surface area contributed by atoms with E-state index in [0.29, 0.717) is 20.8 Å². The van der Waals surface area contributed by atoms with Gasteiger partial charge in [0.15, 0.2) is 0 Å². The van der Waals surface area contributed by atoms with Crippen molar-refractivity contribution >= 4 is 74.6 Å². The summed E-state index contributed by atoms with van der Waals surface area (Å²) in [5.74, 6) is 0.325. The fraction of sp³-hybridized carbons (Fsp3) is 0. The summed E-state index contributed by atoms with van der Waals surface area (Å²) in [6.07, 6.45) is 1.69. The van der Waals surface area contributed by atoms with Gasteiger partial charge in [-0.05, 0) is 42.1 Å². The van der Waals surface area contributed by atoms with Gasteiger partial charge in [-0.25, -0.2) is 4.98 Å². The number of halogens is 2. The molecule has 0 radical (unpaired) electrons. The topological polar surface area (TPSA) is 74.8 Å². The Bertz CT molecular complexity index is 1000. The first-order valence-corrected chi connectivity index (χ1v) is 9.08. The number of benzene rings is 1. The van der Waals surface area contributed by atoms with Crippen LogP contribution in [0.15, 0.2) is 29.2 Å². The number of rotatable bonds is 2. The normalized spacial score (nSPS) is 16.3. The fourth-order valence-electron chi connectivity index (χ4n) is 2.23. The summed E-state index contributed by atoms with van der Waals surface area (Å²) in [4.78, 5) is 32.6. The Kier molecular flexibility index (Phi) is 3.88. The number of nitrogens with one attached hydrogen (secondary N) is 2. The first kappa shape index (κ1) is 15.7. The number of aromatic nitrogens is 2. The van der Waals surface area contributed by atoms with Gasteiger partial charge in [0.25, 0.3) is 11.1 Å². The molecule has 4 rings (SSSR count). The molecule has 1 fully saturated rings. The first-order chi connectivity index (χ1) is 11.5. The van der Waals surface area contributed by atoms with Crippen LogP contribution in [0.3, 0.4) is 0 Å². The zero-order valence-electron chi connectivity index (χ0n) is 11.7. The lowest BCUT2D eigenvalue weighted by atomic mass is 10.3. The average molecular weight is 396 g/mol. The molecule has 3 aromatic rings. The third kappa shape index (κ3) is 2.84. The third-order valence-electron chi connectivity index (χ3n) is 3.30. The monoisotopic (exact) mass is 395 g/mol. The molecule has 5 nitrogen and oxygen atoms in total. The van der Waals surface area contributed by atoms with E-state index in [4.69, 9.17) is 23.2 Å². The molecule has 0 bridgehead atoms. The minimum atomic E-state index is -0.368. The zero-order valence-corrected chi connectivity index (χ0v) is 14.9. The highest BCUT2D eigenvalue weighted by Gasteiger charge is 2.25. The van der Waals surface area contributed by atoms with Gasteiger partial charge in [0, 0.05) is 4.88 Å². The van der Waals surface area contributed by atoms with Crippen LogP contribution in [0.2, 0.25) is 10.0 Å². The highest BCUT2D eigenvalue weighted by Crippen LogP contribution is 2.33. The van der Waals surface area contributed by atoms with Crippen molar-refractivity contribution in [2.24, 2.45) is 0 Å². The molecule has 1 saturated heterocycles. The van der Waals surface area contributed by atoms with Crippen molar-refractivity contribution in [3.63, 3.8) is 0 Å². The molecule has 0 spiro atoms. The van der Waals surface area contributed by atoms with Crippen LogP contribution in [0.1, 0.15) is 4.88 Å². The minimum absolute atomic E-state index is 0.353. The largest absolute Gasteiger partial charge is 0.337 e. The lowest BCUT2D eigenvalue weighted by Crippen LogP contribution is -2.17. The molecule has 3 heterocycles. The number of imide groups is 1. The smallest absolute Gasteiger partial charge is 0.290 e. The van der Waals surface area contributed by atoms with E-state index in [0.717, 1.165) is 32.5 Å². The Hall–Kier alpha value is -1.80. The van der Waals surface area contributed by atoms with E-state index in [9.17, 15) is 9.59 Å². The Morgan fingerprint density at radius 2 is 1.92 bits per heavy atom. The lowest BCUT2D eigenvalue weighted by molar-refractivity contribution is -0.115. The van der Waals surface area contributed by atoms with E-state index in [1.54, 1.807) is 18.2 Å². The number of fused-ring (bicyclic) bond motifs is 1. The lowest BCUT2D eigenvalue weighted by Gasteiger charge is -1.93. The molecule has 24 heavy (non-hydrogen) atoms. The van der Waals surface area contributed by atoms with Gasteiger partial charge in [-0.3, -0.25) is 14.9 Å². The molecule has 0 atom stereocenters. The van der Waals surface area contributed by atoms with Crippen LogP contribution in [0.25, 0.3) is 27.8 Å². The molecular formula is C15H7Cl2N3O2S2. The van der Waals surface area contributed by atoms with Gasteiger partial charge < -0.3 is 4.98 Å². The second-order valence-electron chi connectivity index (χ2n) is 4.92. The molecule has 1 aliphatic heterocycles. The summed E-state index contributed by atoms with van der Waals surface area (Å²) in [5, 5.41) is 2.79. The molecule has 2 N–H and O–H groups in total. The Labute approximate surface area is 154 Å². The number of thiophene rings is 1. The van der Waals surface area contributed by atoms with Gasteiger partial charge in [0.2, 0.25) is 0 Å². The van der Waals surface area contributed by atoms with Gasteiger partial charge in [0.05, 0.1) is 30.9 Å². The van der Waals surface area contributed by atoms with Gasteiger partial charge >= 0.3 is 0 Å². The van der Waals surface area contributed by atoms with Crippen molar-refractivity contribution in [2.45, 2.75) is 0 Å². The van der Waals surface area contributed by atoms with Crippen molar-refractivity contribution in [2.75, 3.05) is 0 Å². The molecule has 120 valence electrons. The van der Waals surface area contributed by atoms with Crippen LogP contribution < -0.4 is 5.32 Å². The van der Waals surface area contributed by atoms with Crippen molar-refractivity contribution in [3.8, 4) is 10.7 Å². The molecule has 9 heteroatoms. The summed E-state index contributed by atoms with van der Waals surface area (Å²) in [6.45, 7) is 0. The van der Waals surface area contributed by atoms with Gasteiger partial charge in [-0.15, -0.1) is 11.3 Å². The van der Waals surface area contributed by atoms with Crippen molar-refractivity contribution in [3.05, 3.63) is 44.1 Å². The highest BCUT2D eigenvalue weighted by molar-refractivity contribution is 8.18. The van der Waals surface area contributed by atoms with Crippen molar-refractivity contribution in [1.82, 2.24) is 15.3 Å². The summed E-state index contributed by atoms with van der Waals surface area (Å²) in [5.41, 5.74) is 1.52. The second kappa shape index (κ2) is 5.93. The first-order valence-electron chi connectivity index (χ1n) is 6.69. The Morgan fingerprint density at radius 3 is 2.67 bits per heavy atom. The zero-order chi connectivity index (χ0) is 16.8. The molecule has 0 saturated carbocycles. The average Bonchev–Trinajstić information content (AvgIpc) is 3.20. The predicted octanol–water partition coefficient (Wildman–Crippen LogP) is 4.92. The summed E-state index contributed by atoms with van der Waals surface area (Å²) in [7, 11) is 0. The molecule has 0 unspecified atom stereocenters. The number of H-pyrrole nitrogens is 1. The summed E-state index contributed by atoms with van der Waals surface area (Å²) in [6, 6.07) is 7.21. The Morgan fingerprint density at radius 1 is 1.12 bits per heavy atom. The van der Waals surface area contributed by atoms with Crippen LogP contribution in [0, 0.1) is 0 Å². The second-order valence-corrected chi connectivity index (χ2v) is 7.87. The molecule has 2 aromatic heterocycles. The quantitative estimate of drug-likeness (QED) is 0.603. The number of amides is 2. The standard InChI is InChI=1S/C15H7Cl2N3O2S2/c16-7-4-9-10(5-8(7)17)19-13(18-9)11-2-1-6(23-11)3-12-14(21)20-15(22)24-12/h1-5H,(H,18,19)(H,20,21,22). The fourth-order valence-corrected chi connectivity index (χ4v) is 4.20. The van der Waals surface area contributed by atoms with Gasteiger partial charge in [-0.1, -0.05) is 23.2 Å². The van der Waals surface area contributed by atoms with E-state index in [1.807, 2.05) is 12.1 Å². The number of carbonyl (C=O) groups excluding carboxylic acids is 2. The summed E-state index contributed by atoms with van der Waals surface area (Å²) >= 11 is 14.4. The molecule has 1 aromatic carbocycles. The van der Waals surface area contributed by atoms with Crippen LogP contribution >= 0.6 is 46.3 Å². The number of thioether (sulfide) groups is 1. The SMILES string of the molecule is O=C1NC(=O)C(=Cc2ccc(-c3nc4cc(Cl)c(Cl)cc4[nH]3)s2)S1. The highest BCUT2D eigenvalue weighted by atomic mass is 35.5. The van der Waals surface area contributed by atoms with Crippen molar-refractivity contribution in [1.29, 1.82) is 0 Å². The van der Waals surface area contributed by atoms with Crippen LogP contribution in [-0.4, -0.2) is 21.1 Å². The number of carbonyl (C=O) groups is 2. The Balaban J connectivity index is 1.69. The number of hydrogen-bond donors (Lipinski definition) is 2. The minimum Gasteiger partial charge on any atom is -0.337 e. The number of imidazole rings is 1. The molecular weight excluding hydrogens is 389 g/mol. The molecule has 2 amide bonds. The van der Waals surface area contributed by atoms with Crippen LogP contribution in [0.5, 0.6) is 0 Å². The van der Waals surface area contributed by atoms with Crippen LogP contribution in [0.4, 0.5) is 4.79 Å². The summed E-state index contributed by atoms with van der Waals surface area (Å²) < 4.78 is 0. The van der Waals surface area contributed by atoms with Crippen molar-refractivity contribution < 1.29 is 9.59 Å². The van der Waals surface area contributed by atoms with Gasteiger partial charge in [0.1, 0.15) is 5.82 Å². The van der Waals surface area contributed by atoms with E-state index >= 15 is 0 Å². The van der Waals surface area contributed by atoms with Gasteiger partial charge in [-0.2, -0.15) is 0 Å². The van der Waals surface area contributed by atoms with E-state index in [1.165, 1.54) is 11.3 Å². The maximum absolute atomic E-state index is 11.6. The molecule has 1 aliphatic rings. The van der Waals surface area contributed by atoms with E-state index < -0.39 is 0 Å². The van der Waals surface area contributed by atoms with E-state index in [-0.39, 0.29) is 11.1 Å². The third-order valence-corrected chi connectivity index (χ3v) is 5.87. The van der Waals surface area contributed by atoms with E-state index in [2.05, 4.69) is 15.3 Å². The molecule has 0 aliphatic carbocycles. The maximum Gasteiger partial charge on any atom is 0.290 e. The number of nitrogens with zero attached hydrogens (tertiary/aromatic N) is 1. The number of hydrogen-bond acceptors (Lipinski definition) is 5. The predicted molar refractivity (Wildman–Crippen MR) is 98.5 cm³/mol. The van der Waals surface area contributed by atoms with Crippen LogP contribution in [-0.2, 0) is 4.79 Å². The maximum atomic E-state index is 11.6.